The maximum absolute atomic E-state index is 3.87. The van der Waals surface area contributed by atoms with Crippen molar-refractivity contribution in [2.24, 2.45) is 7.05 Å². The van der Waals surface area contributed by atoms with Crippen LogP contribution in [0.3, 0.4) is 0 Å². The number of rotatable bonds is 4. The number of aromatic nitrogens is 1. The third-order valence-electron chi connectivity index (χ3n) is 5.48. The van der Waals surface area contributed by atoms with Crippen LogP contribution in [0.25, 0.3) is 10.9 Å². The van der Waals surface area contributed by atoms with E-state index in [4.69, 9.17) is 0 Å². The van der Waals surface area contributed by atoms with Gasteiger partial charge in [0.15, 0.2) is 0 Å². The largest absolute Gasteiger partial charge is 0.349 e. The molecule has 0 aliphatic rings. The summed E-state index contributed by atoms with van der Waals surface area (Å²) in [5.74, 6) is 3.65. The summed E-state index contributed by atoms with van der Waals surface area (Å²) in [5.41, 5.74) is 8.34. The molecule has 0 fully saturated rings. The van der Waals surface area contributed by atoms with Crippen LogP contribution in [0.15, 0.2) is 29.3 Å². The van der Waals surface area contributed by atoms with Crippen LogP contribution in [0.2, 0.25) is 16.6 Å². The molecule has 0 N–H and O–H groups in total. The first-order chi connectivity index (χ1) is 11.3. The van der Waals surface area contributed by atoms with E-state index in [1.54, 1.807) is 0 Å². The lowest BCUT2D eigenvalue weighted by Gasteiger charge is -2.38. The van der Waals surface area contributed by atoms with Gasteiger partial charge in [0.2, 0.25) is 0 Å². The summed E-state index contributed by atoms with van der Waals surface area (Å²) in [7, 11) is 0.426. The predicted octanol–water partition coefficient (Wildman–Crippen LogP) is 6.47. The number of hydrogen-bond donors (Lipinski definition) is 0. The summed E-state index contributed by atoms with van der Waals surface area (Å²) < 4.78 is 2.21. The highest BCUT2D eigenvalue weighted by atomic mass is 32.2. The first-order valence-corrected chi connectivity index (χ1v) is 12.4. The molecule has 0 spiro atoms. The van der Waals surface area contributed by atoms with Gasteiger partial charge in [-0.25, -0.2) is 0 Å². The standard InChI is InChI=1S/C21H31NSSi/c1-15(2)24(16(3)4,17(5)6)13-12-18-10-9-11-19-21(18)20(23-8)14-22(19)7/h9-11,14-17H,1-8H3. The third kappa shape index (κ3) is 3.19. The van der Waals surface area contributed by atoms with E-state index < -0.39 is 8.07 Å². The van der Waals surface area contributed by atoms with Gasteiger partial charge >= 0.3 is 0 Å². The third-order valence-corrected chi connectivity index (χ3v) is 12.5. The molecule has 2 aromatic rings. The molecule has 1 aromatic heterocycles. The molecule has 0 saturated carbocycles. The summed E-state index contributed by atoms with van der Waals surface area (Å²) in [6.45, 7) is 14.2. The molecule has 0 aliphatic carbocycles. The number of nitrogens with zero attached hydrogens (tertiary/aromatic N) is 1. The quantitative estimate of drug-likeness (QED) is 0.345. The van der Waals surface area contributed by atoms with Crippen LogP contribution >= 0.6 is 11.8 Å². The minimum atomic E-state index is -1.69. The van der Waals surface area contributed by atoms with Crippen LogP contribution in [-0.4, -0.2) is 18.9 Å². The van der Waals surface area contributed by atoms with Crippen LogP contribution < -0.4 is 0 Å². The summed E-state index contributed by atoms with van der Waals surface area (Å²) in [6.07, 6.45) is 4.37. The monoisotopic (exact) mass is 357 g/mol. The van der Waals surface area contributed by atoms with Crippen molar-refractivity contribution < 1.29 is 0 Å². The van der Waals surface area contributed by atoms with Crippen molar-refractivity contribution in [2.75, 3.05) is 6.26 Å². The van der Waals surface area contributed by atoms with Gasteiger partial charge in [0, 0.05) is 29.1 Å². The van der Waals surface area contributed by atoms with Gasteiger partial charge in [-0.3, -0.25) is 0 Å². The minimum absolute atomic E-state index is 0.667. The maximum Gasteiger partial charge on any atom is 0.146 e. The van der Waals surface area contributed by atoms with E-state index in [1.165, 1.54) is 21.4 Å². The van der Waals surface area contributed by atoms with Gasteiger partial charge in [-0.2, -0.15) is 0 Å². The Balaban J connectivity index is 2.67. The number of hydrogen-bond acceptors (Lipinski definition) is 1. The smallest absolute Gasteiger partial charge is 0.146 e. The normalized spacial score (nSPS) is 12.3. The van der Waals surface area contributed by atoms with Crippen LogP contribution in [0.1, 0.15) is 47.1 Å². The lowest BCUT2D eigenvalue weighted by Crippen LogP contribution is -2.43. The van der Waals surface area contributed by atoms with Crippen LogP contribution in [0.5, 0.6) is 0 Å². The lowest BCUT2D eigenvalue weighted by atomic mass is 10.1. The van der Waals surface area contributed by atoms with Crippen molar-refractivity contribution in [2.45, 2.75) is 63.1 Å². The Morgan fingerprint density at radius 1 is 1.00 bits per heavy atom. The first kappa shape index (κ1) is 19.2. The molecule has 0 bridgehead atoms. The highest BCUT2D eigenvalue weighted by molar-refractivity contribution is 7.98. The van der Waals surface area contributed by atoms with E-state index in [2.05, 4.69) is 95.3 Å². The molecule has 1 aromatic carbocycles. The number of benzene rings is 1. The van der Waals surface area contributed by atoms with Gasteiger partial charge in [0.25, 0.3) is 0 Å². The second-order valence-electron chi connectivity index (χ2n) is 7.66. The number of thioether (sulfide) groups is 1. The zero-order valence-corrected chi connectivity index (χ0v) is 18.2. The fourth-order valence-electron chi connectivity index (χ4n) is 4.27. The van der Waals surface area contributed by atoms with E-state index in [1.807, 2.05) is 11.8 Å². The van der Waals surface area contributed by atoms with E-state index in [-0.39, 0.29) is 0 Å². The van der Waals surface area contributed by atoms with E-state index in [0.29, 0.717) is 16.6 Å². The second-order valence-corrected chi connectivity index (χ2v) is 14.1. The maximum atomic E-state index is 3.87. The Morgan fingerprint density at radius 3 is 2.08 bits per heavy atom. The van der Waals surface area contributed by atoms with Crippen LogP contribution in [0.4, 0.5) is 0 Å². The van der Waals surface area contributed by atoms with Crippen LogP contribution in [-0.2, 0) is 7.05 Å². The molecule has 0 radical (unpaired) electrons. The SMILES string of the molecule is CSc1cn(C)c2cccc(C#C[Si](C(C)C)(C(C)C)C(C)C)c12. The topological polar surface area (TPSA) is 4.93 Å². The van der Waals surface area contributed by atoms with E-state index >= 15 is 0 Å². The molecule has 3 heteroatoms. The summed E-state index contributed by atoms with van der Waals surface area (Å²) >= 11 is 1.81. The molecule has 0 unspecified atom stereocenters. The number of aryl methyl sites for hydroxylation is 1. The van der Waals surface area contributed by atoms with Crippen LogP contribution in [0, 0.1) is 11.5 Å². The van der Waals surface area contributed by atoms with E-state index in [9.17, 15) is 0 Å². The average Bonchev–Trinajstić information content (AvgIpc) is 2.84. The molecule has 2 rings (SSSR count). The summed E-state index contributed by atoms with van der Waals surface area (Å²) in [4.78, 5) is 1.32. The highest BCUT2D eigenvalue weighted by Crippen LogP contribution is 2.41. The van der Waals surface area contributed by atoms with Gasteiger partial charge < -0.3 is 4.57 Å². The minimum Gasteiger partial charge on any atom is -0.349 e. The highest BCUT2D eigenvalue weighted by Gasteiger charge is 2.41. The van der Waals surface area contributed by atoms with Crippen molar-refractivity contribution in [3.8, 4) is 11.5 Å². The molecule has 0 saturated heterocycles. The van der Waals surface area contributed by atoms with Gasteiger partial charge in [-0.1, -0.05) is 53.5 Å². The first-order valence-electron chi connectivity index (χ1n) is 8.90. The van der Waals surface area contributed by atoms with Gasteiger partial charge in [-0.15, -0.1) is 17.3 Å². The number of fused-ring (bicyclic) bond motifs is 1. The molecule has 130 valence electrons. The van der Waals surface area contributed by atoms with Gasteiger partial charge in [0.05, 0.1) is 5.52 Å². The van der Waals surface area contributed by atoms with Gasteiger partial charge in [-0.05, 0) is 35.0 Å². The Kier molecular flexibility index (Phi) is 5.94. The van der Waals surface area contributed by atoms with Crippen molar-refractivity contribution in [1.29, 1.82) is 0 Å². The lowest BCUT2D eigenvalue weighted by molar-refractivity contribution is 0.838. The molecule has 0 atom stereocenters. The Labute approximate surface area is 153 Å². The summed E-state index contributed by atoms with van der Waals surface area (Å²) in [6, 6.07) is 6.52. The molecule has 0 amide bonds. The predicted molar refractivity (Wildman–Crippen MR) is 113 cm³/mol. The molecule has 0 aliphatic heterocycles. The molecular formula is C21H31NSSi. The van der Waals surface area contributed by atoms with Crippen molar-refractivity contribution in [3.63, 3.8) is 0 Å². The van der Waals surface area contributed by atoms with Crippen molar-refractivity contribution in [1.82, 2.24) is 4.57 Å². The molecule has 1 nitrogen and oxygen atoms in total. The fourth-order valence-corrected chi connectivity index (χ4v) is 10.2. The molecule has 1 heterocycles. The Bertz CT molecular complexity index is 752. The molecular weight excluding hydrogens is 326 g/mol. The molecule has 24 heavy (non-hydrogen) atoms. The zero-order chi connectivity index (χ0) is 18.1. The van der Waals surface area contributed by atoms with E-state index in [0.717, 1.165) is 0 Å². The van der Waals surface area contributed by atoms with Crippen molar-refractivity contribution >= 4 is 30.7 Å². The Hall–Kier alpha value is -1.11. The average molecular weight is 358 g/mol. The zero-order valence-electron chi connectivity index (χ0n) is 16.4. The van der Waals surface area contributed by atoms with Crippen molar-refractivity contribution in [3.05, 3.63) is 30.0 Å². The van der Waals surface area contributed by atoms with Gasteiger partial charge in [0.1, 0.15) is 8.07 Å². The second kappa shape index (κ2) is 7.41. The summed E-state index contributed by atoms with van der Waals surface area (Å²) in [5, 5.41) is 1.32. The fraction of sp³-hybridized carbons (Fsp3) is 0.524. The Morgan fingerprint density at radius 2 is 1.58 bits per heavy atom.